The highest BCUT2D eigenvalue weighted by Gasteiger charge is 2.35. The quantitative estimate of drug-likeness (QED) is 0.477. The number of hydrogen-bond donors (Lipinski definition) is 0. The minimum absolute atomic E-state index is 0.000249. The zero-order valence-corrected chi connectivity index (χ0v) is 14.6. The lowest BCUT2D eigenvalue weighted by Crippen LogP contribution is -2.33. The van der Waals surface area contributed by atoms with Gasteiger partial charge in [0.1, 0.15) is 5.82 Å². The summed E-state index contributed by atoms with van der Waals surface area (Å²) in [6, 6.07) is 11.7. The number of nitrogens with zero attached hydrogens (tertiary/aromatic N) is 4. The molecule has 1 aliphatic rings. The van der Waals surface area contributed by atoms with E-state index in [-0.39, 0.29) is 35.6 Å². The van der Waals surface area contributed by atoms with Gasteiger partial charge < -0.3 is 9.32 Å². The van der Waals surface area contributed by atoms with E-state index in [1.165, 1.54) is 41.3 Å². The third kappa shape index (κ3) is 3.59. The highest BCUT2D eigenvalue weighted by atomic mass is 19.1. The van der Waals surface area contributed by atoms with Crippen molar-refractivity contribution in [3.05, 3.63) is 75.9 Å². The van der Waals surface area contributed by atoms with Crippen molar-refractivity contribution in [3.63, 3.8) is 0 Å². The van der Waals surface area contributed by atoms with Gasteiger partial charge in [-0.1, -0.05) is 18.2 Å². The van der Waals surface area contributed by atoms with Gasteiger partial charge in [-0.3, -0.25) is 14.9 Å². The van der Waals surface area contributed by atoms with Crippen molar-refractivity contribution in [3.8, 4) is 11.5 Å². The first-order valence-corrected chi connectivity index (χ1v) is 8.65. The summed E-state index contributed by atoms with van der Waals surface area (Å²) in [6.07, 6.45) is 1.65. The highest BCUT2D eigenvalue weighted by molar-refractivity contribution is 5.94. The van der Waals surface area contributed by atoms with Crippen LogP contribution in [0.25, 0.3) is 11.5 Å². The Labute approximate surface area is 158 Å². The number of hydrogen-bond acceptors (Lipinski definition) is 6. The maximum absolute atomic E-state index is 14.0. The van der Waals surface area contributed by atoms with Gasteiger partial charge in [0.05, 0.1) is 17.0 Å². The van der Waals surface area contributed by atoms with Crippen molar-refractivity contribution >= 4 is 11.6 Å². The molecule has 0 atom stereocenters. The molecule has 1 aromatic heterocycles. The Bertz CT molecular complexity index is 1050. The number of carbonyl (C=O) groups is 1. The third-order valence-corrected chi connectivity index (χ3v) is 4.43. The van der Waals surface area contributed by atoms with E-state index in [0.29, 0.717) is 5.56 Å². The Kier molecular flexibility index (Phi) is 4.56. The molecule has 0 radical (unpaired) electrons. The van der Waals surface area contributed by atoms with Crippen LogP contribution in [-0.4, -0.2) is 32.0 Å². The second kappa shape index (κ2) is 7.18. The number of nitro groups is 1. The molecular weight excluding hydrogens is 367 g/mol. The molecule has 1 aliphatic carbocycles. The fourth-order valence-corrected chi connectivity index (χ4v) is 2.87. The summed E-state index contributed by atoms with van der Waals surface area (Å²) in [5.74, 6) is -0.720. The average Bonchev–Trinajstić information content (AvgIpc) is 3.43. The molecule has 1 heterocycles. The molecule has 0 saturated heterocycles. The first-order valence-electron chi connectivity index (χ1n) is 8.65. The van der Waals surface area contributed by atoms with Gasteiger partial charge in [-0.2, -0.15) is 0 Å². The van der Waals surface area contributed by atoms with E-state index < -0.39 is 16.6 Å². The lowest BCUT2D eigenvalue weighted by Gasteiger charge is -2.20. The number of rotatable bonds is 6. The predicted molar refractivity (Wildman–Crippen MR) is 95.7 cm³/mol. The molecular formula is C19H15FN4O4. The Hall–Kier alpha value is -3.62. The summed E-state index contributed by atoms with van der Waals surface area (Å²) in [7, 11) is 0. The van der Waals surface area contributed by atoms with E-state index in [1.807, 2.05) is 0 Å². The van der Waals surface area contributed by atoms with E-state index in [2.05, 4.69) is 10.2 Å². The topological polar surface area (TPSA) is 102 Å². The van der Waals surface area contributed by atoms with Gasteiger partial charge in [0.15, 0.2) is 0 Å². The normalized spacial score (nSPS) is 13.3. The van der Waals surface area contributed by atoms with Gasteiger partial charge in [-0.15, -0.1) is 10.2 Å². The molecule has 0 unspecified atom stereocenters. The number of aromatic nitrogens is 2. The Balaban J connectivity index is 1.56. The zero-order chi connectivity index (χ0) is 19.7. The lowest BCUT2D eigenvalue weighted by atomic mass is 10.2. The van der Waals surface area contributed by atoms with Gasteiger partial charge in [0.25, 0.3) is 11.6 Å². The molecule has 0 spiro atoms. The molecule has 8 nitrogen and oxygen atoms in total. The van der Waals surface area contributed by atoms with Crippen LogP contribution in [0.2, 0.25) is 0 Å². The monoisotopic (exact) mass is 382 g/mol. The molecule has 0 aliphatic heterocycles. The first kappa shape index (κ1) is 17.8. The molecule has 0 N–H and O–H groups in total. The Morgan fingerprint density at radius 1 is 1.21 bits per heavy atom. The second-order valence-corrected chi connectivity index (χ2v) is 6.45. The molecule has 1 amide bonds. The minimum atomic E-state index is -0.582. The smallest absolute Gasteiger partial charge is 0.270 e. The van der Waals surface area contributed by atoms with Crippen molar-refractivity contribution < 1.29 is 18.5 Å². The average molecular weight is 382 g/mol. The van der Waals surface area contributed by atoms with E-state index >= 15 is 0 Å². The third-order valence-electron chi connectivity index (χ3n) is 4.43. The first-order chi connectivity index (χ1) is 13.5. The standard InChI is InChI=1S/C19H15FN4O4/c20-16-7-2-1-6-15(16)19(25)23(13-8-9-13)11-17-21-22-18(28-17)12-4-3-5-14(10-12)24(26)27/h1-7,10,13H,8-9,11H2. The van der Waals surface area contributed by atoms with Crippen molar-refractivity contribution in [2.75, 3.05) is 0 Å². The maximum atomic E-state index is 14.0. The van der Waals surface area contributed by atoms with Crippen molar-refractivity contribution in [2.24, 2.45) is 0 Å². The minimum Gasteiger partial charge on any atom is -0.419 e. The van der Waals surface area contributed by atoms with Gasteiger partial charge in [-0.25, -0.2) is 4.39 Å². The summed E-state index contributed by atoms with van der Waals surface area (Å²) >= 11 is 0. The van der Waals surface area contributed by atoms with Gasteiger partial charge in [-0.05, 0) is 31.0 Å². The van der Waals surface area contributed by atoms with Crippen LogP contribution in [0, 0.1) is 15.9 Å². The summed E-state index contributed by atoms with van der Waals surface area (Å²) in [5, 5.41) is 18.8. The Morgan fingerprint density at radius 3 is 2.71 bits per heavy atom. The van der Waals surface area contributed by atoms with E-state index in [0.717, 1.165) is 12.8 Å². The van der Waals surface area contributed by atoms with E-state index in [9.17, 15) is 19.3 Å². The number of carbonyl (C=O) groups excluding carboxylic acids is 1. The zero-order valence-electron chi connectivity index (χ0n) is 14.6. The summed E-state index contributed by atoms with van der Waals surface area (Å²) in [4.78, 5) is 24.7. The molecule has 1 saturated carbocycles. The number of benzene rings is 2. The van der Waals surface area contributed by atoms with E-state index in [1.54, 1.807) is 12.1 Å². The molecule has 2 aromatic carbocycles. The van der Waals surface area contributed by atoms with Crippen LogP contribution in [0.3, 0.4) is 0 Å². The van der Waals surface area contributed by atoms with Gasteiger partial charge in [0.2, 0.25) is 11.8 Å². The van der Waals surface area contributed by atoms with Gasteiger partial charge in [0, 0.05) is 23.7 Å². The number of nitro benzene ring substituents is 1. The van der Waals surface area contributed by atoms with Crippen LogP contribution < -0.4 is 0 Å². The second-order valence-electron chi connectivity index (χ2n) is 6.45. The fourth-order valence-electron chi connectivity index (χ4n) is 2.87. The summed E-state index contributed by atoms with van der Waals surface area (Å²) < 4.78 is 19.6. The highest BCUT2D eigenvalue weighted by Crippen LogP contribution is 2.31. The van der Waals surface area contributed by atoms with Crippen molar-refractivity contribution in [1.29, 1.82) is 0 Å². The molecule has 4 rings (SSSR count). The molecule has 9 heteroatoms. The number of halogens is 1. The van der Waals surface area contributed by atoms with Crippen LogP contribution >= 0.6 is 0 Å². The van der Waals surface area contributed by atoms with Crippen LogP contribution in [0.5, 0.6) is 0 Å². The van der Waals surface area contributed by atoms with Crippen LogP contribution in [0.1, 0.15) is 29.1 Å². The summed E-state index contributed by atoms with van der Waals surface area (Å²) in [5.41, 5.74) is 0.311. The summed E-state index contributed by atoms with van der Waals surface area (Å²) in [6.45, 7) is 0.0414. The molecule has 142 valence electrons. The Morgan fingerprint density at radius 2 is 2.00 bits per heavy atom. The fraction of sp³-hybridized carbons (Fsp3) is 0.211. The molecule has 0 bridgehead atoms. The molecule has 28 heavy (non-hydrogen) atoms. The van der Waals surface area contributed by atoms with E-state index in [4.69, 9.17) is 4.42 Å². The van der Waals surface area contributed by atoms with Crippen LogP contribution in [0.15, 0.2) is 52.9 Å². The van der Waals surface area contributed by atoms with Crippen LogP contribution in [-0.2, 0) is 6.54 Å². The van der Waals surface area contributed by atoms with Crippen molar-refractivity contribution in [1.82, 2.24) is 15.1 Å². The molecule has 3 aromatic rings. The number of amides is 1. The van der Waals surface area contributed by atoms with Crippen LogP contribution in [0.4, 0.5) is 10.1 Å². The van der Waals surface area contributed by atoms with Crippen molar-refractivity contribution in [2.45, 2.75) is 25.4 Å². The number of non-ortho nitro benzene ring substituents is 1. The maximum Gasteiger partial charge on any atom is 0.270 e. The van der Waals surface area contributed by atoms with Gasteiger partial charge >= 0.3 is 0 Å². The largest absolute Gasteiger partial charge is 0.419 e. The SMILES string of the molecule is O=C(c1ccccc1F)N(Cc1nnc(-c2cccc([N+](=O)[O-])c2)o1)C1CC1. The predicted octanol–water partition coefficient (Wildman–Crippen LogP) is 3.59. The lowest BCUT2D eigenvalue weighted by molar-refractivity contribution is -0.384. The molecule has 1 fully saturated rings.